The predicted molar refractivity (Wildman–Crippen MR) is 111 cm³/mol. The van der Waals surface area contributed by atoms with Gasteiger partial charge in [-0.25, -0.2) is 4.99 Å². The largest absolute Gasteiger partial charge is 0.502 e. The first kappa shape index (κ1) is 21.7. The van der Waals surface area contributed by atoms with Crippen LogP contribution in [-0.2, 0) is 6.54 Å². The van der Waals surface area contributed by atoms with Crippen LogP contribution in [0.2, 0.25) is 0 Å². The van der Waals surface area contributed by atoms with Crippen LogP contribution in [0.4, 0.5) is 0 Å². The van der Waals surface area contributed by atoms with Crippen LogP contribution in [0.1, 0.15) is 44.6 Å². The van der Waals surface area contributed by atoms with Crippen molar-refractivity contribution in [1.82, 2.24) is 10.6 Å². The lowest BCUT2D eigenvalue weighted by Crippen LogP contribution is -2.44. The molecule has 6 nitrogen and oxygen atoms in total. The standard InChI is InChI=1S/C18H29N3O3.HI/c1-4-19-18(21-14-8-6-5-7-9-14)20-12-13-10-15(23-2)17(22)16(11-13)24-3;/h10-11,14,22H,4-9,12H2,1-3H3,(H2,19,20,21);1H. The van der Waals surface area contributed by atoms with Crippen molar-refractivity contribution in [3.63, 3.8) is 0 Å². The highest BCUT2D eigenvalue weighted by atomic mass is 127. The molecule has 1 saturated carbocycles. The molecule has 0 unspecified atom stereocenters. The van der Waals surface area contributed by atoms with E-state index in [0.717, 1.165) is 18.1 Å². The van der Waals surface area contributed by atoms with Crippen LogP contribution in [0.25, 0.3) is 0 Å². The van der Waals surface area contributed by atoms with E-state index in [1.165, 1.54) is 46.3 Å². The maximum absolute atomic E-state index is 9.98. The van der Waals surface area contributed by atoms with E-state index >= 15 is 0 Å². The van der Waals surface area contributed by atoms with E-state index in [0.29, 0.717) is 24.1 Å². The smallest absolute Gasteiger partial charge is 0.200 e. The van der Waals surface area contributed by atoms with Crippen LogP contribution in [-0.4, -0.2) is 37.9 Å². The zero-order chi connectivity index (χ0) is 17.4. The number of rotatable bonds is 6. The number of aromatic hydroxyl groups is 1. The normalized spacial score (nSPS) is 15.2. The van der Waals surface area contributed by atoms with Crippen LogP contribution >= 0.6 is 24.0 Å². The predicted octanol–water partition coefficient (Wildman–Crippen LogP) is 3.42. The molecule has 1 aliphatic carbocycles. The first-order valence-corrected chi connectivity index (χ1v) is 8.66. The van der Waals surface area contributed by atoms with Gasteiger partial charge in [-0.2, -0.15) is 0 Å². The monoisotopic (exact) mass is 463 g/mol. The van der Waals surface area contributed by atoms with E-state index < -0.39 is 0 Å². The Kier molecular flexibility index (Phi) is 9.77. The van der Waals surface area contributed by atoms with Gasteiger partial charge in [0.05, 0.1) is 20.8 Å². The number of phenolic OH excluding ortho intramolecular Hbond substituents is 1. The molecule has 1 fully saturated rings. The summed E-state index contributed by atoms with van der Waals surface area (Å²) in [5, 5.41) is 16.8. The fourth-order valence-electron chi connectivity index (χ4n) is 2.97. The molecule has 7 heteroatoms. The average molecular weight is 463 g/mol. The first-order valence-electron chi connectivity index (χ1n) is 8.66. The molecule has 2 rings (SSSR count). The number of nitrogens with one attached hydrogen (secondary N) is 2. The zero-order valence-electron chi connectivity index (χ0n) is 15.3. The van der Waals surface area contributed by atoms with Gasteiger partial charge in [0.15, 0.2) is 17.5 Å². The van der Waals surface area contributed by atoms with Gasteiger partial charge in [0.25, 0.3) is 0 Å². The van der Waals surface area contributed by atoms with E-state index in [1.54, 1.807) is 12.1 Å². The average Bonchev–Trinajstić information content (AvgIpc) is 2.61. The Morgan fingerprint density at radius 3 is 2.28 bits per heavy atom. The third kappa shape index (κ3) is 6.45. The summed E-state index contributed by atoms with van der Waals surface area (Å²) in [5.41, 5.74) is 0.919. The van der Waals surface area contributed by atoms with Crippen molar-refractivity contribution >= 4 is 29.9 Å². The van der Waals surface area contributed by atoms with Crippen molar-refractivity contribution in [2.75, 3.05) is 20.8 Å². The van der Waals surface area contributed by atoms with Crippen molar-refractivity contribution in [3.8, 4) is 17.2 Å². The number of methoxy groups -OCH3 is 2. The summed E-state index contributed by atoms with van der Waals surface area (Å²) in [6.07, 6.45) is 6.29. The molecule has 3 N–H and O–H groups in total. The van der Waals surface area contributed by atoms with Gasteiger partial charge < -0.3 is 25.2 Å². The Labute approximate surface area is 167 Å². The molecule has 0 bridgehead atoms. The van der Waals surface area contributed by atoms with E-state index in [-0.39, 0.29) is 29.7 Å². The van der Waals surface area contributed by atoms with E-state index in [2.05, 4.69) is 22.5 Å². The number of guanidine groups is 1. The van der Waals surface area contributed by atoms with Crippen LogP contribution in [0.3, 0.4) is 0 Å². The van der Waals surface area contributed by atoms with Gasteiger partial charge in [-0.1, -0.05) is 19.3 Å². The fourth-order valence-corrected chi connectivity index (χ4v) is 2.97. The number of phenols is 1. The quantitative estimate of drug-likeness (QED) is 0.343. The summed E-state index contributed by atoms with van der Waals surface area (Å²) in [6.45, 7) is 3.36. The molecular formula is C18H30IN3O3. The van der Waals surface area contributed by atoms with Gasteiger partial charge in [-0.3, -0.25) is 0 Å². The molecule has 1 aliphatic rings. The van der Waals surface area contributed by atoms with Crippen LogP contribution < -0.4 is 20.1 Å². The van der Waals surface area contributed by atoms with Gasteiger partial charge in [0, 0.05) is 12.6 Å². The topological polar surface area (TPSA) is 75.1 Å². The van der Waals surface area contributed by atoms with E-state index in [4.69, 9.17) is 9.47 Å². The first-order chi connectivity index (χ1) is 11.7. The Bertz CT molecular complexity index is 535. The molecule has 0 amide bonds. The summed E-state index contributed by atoms with van der Waals surface area (Å²) in [5.74, 6) is 1.63. The molecule has 142 valence electrons. The highest BCUT2D eigenvalue weighted by Gasteiger charge is 2.15. The Balaban J connectivity index is 0.00000312. The third-order valence-corrected chi connectivity index (χ3v) is 4.25. The van der Waals surface area contributed by atoms with Crippen molar-refractivity contribution < 1.29 is 14.6 Å². The number of halogens is 1. The van der Waals surface area contributed by atoms with Gasteiger partial charge >= 0.3 is 0 Å². The second kappa shape index (κ2) is 11.3. The van der Waals surface area contributed by atoms with Crippen molar-refractivity contribution in [3.05, 3.63) is 17.7 Å². The molecule has 1 aromatic carbocycles. The van der Waals surface area contributed by atoms with Crippen LogP contribution in [0.15, 0.2) is 17.1 Å². The van der Waals surface area contributed by atoms with E-state index in [9.17, 15) is 5.11 Å². The second-order valence-corrected chi connectivity index (χ2v) is 6.02. The van der Waals surface area contributed by atoms with Crippen molar-refractivity contribution in [1.29, 1.82) is 0 Å². The van der Waals surface area contributed by atoms with E-state index in [1.807, 2.05) is 0 Å². The van der Waals surface area contributed by atoms with Crippen molar-refractivity contribution in [2.45, 2.75) is 51.6 Å². The molecule has 0 saturated heterocycles. The van der Waals surface area contributed by atoms with Gasteiger partial charge in [0.2, 0.25) is 5.75 Å². The maximum Gasteiger partial charge on any atom is 0.200 e. The minimum Gasteiger partial charge on any atom is -0.502 e. The number of benzene rings is 1. The lowest BCUT2D eigenvalue weighted by Gasteiger charge is -2.24. The molecule has 25 heavy (non-hydrogen) atoms. The number of hydrogen-bond donors (Lipinski definition) is 3. The third-order valence-electron chi connectivity index (χ3n) is 4.25. The van der Waals surface area contributed by atoms with Gasteiger partial charge in [0.1, 0.15) is 0 Å². The van der Waals surface area contributed by atoms with Gasteiger partial charge in [-0.05, 0) is 37.5 Å². The molecule has 0 heterocycles. The Morgan fingerprint density at radius 1 is 1.16 bits per heavy atom. The Hall–Kier alpha value is -1.38. The number of nitrogens with zero attached hydrogens (tertiary/aromatic N) is 1. The summed E-state index contributed by atoms with van der Waals surface area (Å²) >= 11 is 0. The van der Waals surface area contributed by atoms with Gasteiger partial charge in [-0.15, -0.1) is 24.0 Å². The molecule has 0 atom stereocenters. The summed E-state index contributed by atoms with van der Waals surface area (Å²) in [7, 11) is 3.05. The summed E-state index contributed by atoms with van der Waals surface area (Å²) < 4.78 is 10.4. The summed E-state index contributed by atoms with van der Waals surface area (Å²) in [4.78, 5) is 4.66. The lowest BCUT2D eigenvalue weighted by molar-refractivity contribution is 0.339. The highest BCUT2D eigenvalue weighted by Crippen LogP contribution is 2.37. The summed E-state index contributed by atoms with van der Waals surface area (Å²) in [6, 6.07) is 4.07. The Morgan fingerprint density at radius 2 is 1.76 bits per heavy atom. The molecule has 0 aromatic heterocycles. The van der Waals surface area contributed by atoms with Crippen LogP contribution in [0, 0.1) is 0 Å². The molecular weight excluding hydrogens is 433 g/mol. The molecule has 1 aromatic rings. The number of ether oxygens (including phenoxy) is 2. The lowest BCUT2D eigenvalue weighted by atomic mass is 9.96. The van der Waals surface area contributed by atoms with Crippen molar-refractivity contribution in [2.24, 2.45) is 4.99 Å². The number of hydrogen-bond acceptors (Lipinski definition) is 4. The minimum absolute atomic E-state index is 0. The second-order valence-electron chi connectivity index (χ2n) is 6.02. The fraction of sp³-hybridized carbons (Fsp3) is 0.611. The van der Waals surface area contributed by atoms with Crippen LogP contribution in [0.5, 0.6) is 17.2 Å². The number of aliphatic imine (C=N–C) groups is 1. The SMILES string of the molecule is CCNC(=NCc1cc(OC)c(O)c(OC)c1)NC1CCCCC1.I. The molecule has 0 radical (unpaired) electrons. The minimum atomic E-state index is 0. The molecule has 0 aliphatic heterocycles. The zero-order valence-corrected chi connectivity index (χ0v) is 17.6. The molecule has 0 spiro atoms. The highest BCUT2D eigenvalue weighted by molar-refractivity contribution is 14.0. The maximum atomic E-state index is 9.98.